The van der Waals surface area contributed by atoms with Crippen molar-refractivity contribution in [1.29, 1.82) is 0 Å². The minimum absolute atomic E-state index is 0.0663. The molecule has 4 N–H and O–H groups in total. The summed E-state index contributed by atoms with van der Waals surface area (Å²) in [5, 5.41) is 17.9. The van der Waals surface area contributed by atoms with E-state index in [9.17, 15) is 26.7 Å². The smallest absolute Gasteiger partial charge is 0.279 e. The molecule has 37 heavy (non-hydrogen) atoms. The number of nitrogens with one attached hydrogen (secondary N) is 3. The Bertz CT molecular complexity index is 1620. The topological polar surface area (TPSA) is 167 Å². The van der Waals surface area contributed by atoms with Gasteiger partial charge in [-0.3, -0.25) is 9.31 Å². The maximum atomic E-state index is 14.1. The molecule has 196 valence electrons. The van der Waals surface area contributed by atoms with Gasteiger partial charge in [0.15, 0.2) is 17.4 Å². The van der Waals surface area contributed by atoms with Gasteiger partial charge in [0.25, 0.3) is 10.2 Å². The van der Waals surface area contributed by atoms with Gasteiger partial charge in [-0.05, 0) is 47.4 Å². The molecule has 0 saturated carbocycles. The summed E-state index contributed by atoms with van der Waals surface area (Å²) < 4.78 is 64.1. The summed E-state index contributed by atoms with van der Waals surface area (Å²) >= 11 is -2.33. The lowest BCUT2D eigenvalue weighted by Gasteiger charge is -2.25. The number of rotatable bonds is 8. The van der Waals surface area contributed by atoms with E-state index in [1.807, 2.05) is 25.1 Å². The third-order valence-electron chi connectivity index (χ3n) is 6.34. The Balaban J connectivity index is 1.41. The van der Waals surface area contributed by atoms with Crippen LogP contribution >= 0.6 is 0 Å². The number of aryl methyl sites for hydroxylation is 1. The van der Waals surface area contributed by atoms with Crippen molar-refractivity contribution in [3.63, 3.8) is 0 Å². The first-order chi connectivity index (χ1) is 17.7. The Morgan fingerprint density at radius 1 is 1.30 bits per heavy atom. The molecule has 5 rings (SSSR count). The molecule has 1 atom stereocenters. The summed E-state index contributed by atoms with van der Waals surface area (Å²) in [6.07, 6.45) is 1.01. The standard InChI is InChI=1S/C23H25FN6O5S2/c1-2-13-10-21(31)17(24)11-16(13)14-3-4-15-19(9-14)28-29-22(15)23-26-18-5-7-30(12-20(18)27-23)37(34,35)25-6-8-36(32)33/h3-4,9-11,25,31H,2,5-8,12H2,1H3,(H,26,27)(H,28,29)(H,32,33)/p-1. The van der Waals surface area contributed by atoms with Crippen LogP contribution in [-0.2, 0) is 40.7 Å². The molecule has 4 aromatic rings. The molecule has 1 aliphatic heterocycles. The predicted molar refractivity (Wildman–Crippen MR) is 135 cm³/mol. The fraction of sp³-hybridized carbons (Fsp3) is 0.304. The van der Waals surface area contributed by atoms with Crippen LogP contribution in [0.15, 0.2) is 30.3 Å². The van der Waals surface area contributed by atoms with Crippen LogP contribution in [0.5, 0.6) is 5.75 Å². The minimum Gasteiger partial charge on any atom is -0.772 e. The second-order valence-corrected chi connectivity index (χ2v) is 11.4. The van der Waals surface area contributed by atoms with Crippen molar-refractivity contribution in [2.24, 2.45) is 0 Å². The average Bonchev–Trinajstić information content (AvgIpc) is 3.48. The number of phenols is 1. The molecule has 11 nitrogen and oxygen atoms in total. The normalized spacial score (nSPS) is 15.2. The number of phenolic OH excluding ortho intramolecular Hbond substituents is 1. The van der Waals surface area contributed by atoms with Crippen molar-refractivity contribution in [1.82, 2.24) is 29.2 Å². The highest BCUT2D eigenvalue weighted by Crippen LogP contribution is 2.34. The molecule has 0 spiro atoms. The van der Waals surface area contributed by atoms with Crippen molar-refractivity contribution >= 4 is 32.2 Å². The summed E-state index contributed by atoms with van der Waals surface area (Å²) in [5.41, 5.74) is 4.91. The van der Waals surface area contributed by atoms with E-state index in [-0.39, 0.29) is 31.1 Å². The lowest BCUT2D eigenvalue weighted by Crippen LogP contribution is -2.44. The first-order valence-electron chi connectivity index (χ1n) is 11.5. The van der Waals surface area contributed by atoms with Crippen LogP contribution in [-0.4, -0.2) is 65.6 Å². The number of hydrogen-bond acceptors (Lipinski definition) is 7. The number of aromatic hydroxyl groups is 1. The van der Waals surface area contributed by atoms with Gasteiger partial charge in [0.2, 0.25) is 0 Å². The van der Waals surface area contributed by atoms with Gasteiger partial charge >= 0.3 is 0 Å². The van der Waals surface area contributed by atoms with E-state index < -0.39 is 27.1 Å². The van der Waals surface area contributed by atoms with Crippen LogP contribution < -0.4 is 4.72 Å². The van der Waals surface area contributed by atoms with E-state index in [0.717, 1.165) is 22.2 Å². The minimum atomic E-state index is -3.85. The molecule has 2 aromatic carbocycles. The summed E-state index contributed by atoms with van der Waals surface area (Å²) in [6.45, 7) is 2.00. The van der Waals surface area contributed by atoms with Crippen LogP contribution in [0.2, 0.25) is 0 Å². The number of fused-ring (bicyclic) bond motifs is 2. The Labute approximate surface area is 214 Å². The maximum absolute atomic E-state index is 14.1. The number of nitrogens with zero attached hydrogens (tertiary/aromatic N) is 3. The van der Waals surface area contributed by atoms with Crippen LogP contribution in [0.4, 0.5) is 4.39 Å². The highest BCUT2D eigenvalue weighted by atomic mass is 32.2. The number of aromatic nitrogens is 4. The van der Waals surface area contributed by atoms with E-state index in [4.69, 9.17) is 0 Å². The molecule has 0 aliphatic carbocycles. The Morgan fingerprint density at radius 2 is 2.11 bits per heavy atom. The SMILES string of the molecule is CCc1cc(O)c(F)cc1-c1ccc2c(-c3nc4c([nH]3)CN(S(=O)(=O)NCCS(=O)[O-])CC4)n[nH]c2c1. The molecule has 0 radical (unpaired) electrons. The predicted octanol–water partition coefficient (Wildman–Crippen LogP) is 2.10. The molecule has 0 saturated heterocycles. The van der Waals surface area contributed by atoms with Gasteiger partial charge in [0, 0.05) is 30.6 Å². The van der Waals surface area contributed by atoms with Crippen molar-refractivity contribution in [3.05, 3.63) is 53.1 Å². The molecule has 1 aliphatic rings. The summed E-state index contributed by atoms with van der Waals surface area (Å²) in [5.74, 6) is -0.886. The van der Waals surface area contributed by atoms with Gasteiger partial charge in [-0.1, -0.05) is 24.1 Å². The lowest BCUT2D eigenvalue weighted by atomic mass is 9.96. The van der Waals surface area contributed by atoms with Gasteiger partial charge in [0.1, 0.15) is 5.69 Å². The molecule has 0 fully saturated rings. The fourth-order valence-electron chi connectivity index (χ4n) is 4.47. The Morgan fingerprint density at radius 3 is 2.86 bits per heavy atom. The Kier molecular flexibility index (Phi) is 6.85. The zero-order valence-electron chi connectivity index (χ0n) is 19.7. The molecule has 1 unspecified atom stereocenters. The molecule has 3 heterocycles. The number of imidazole rings is 1. The van der Waals surface area contributed by atoms with E-state index in [1.54, 1.807) is 0 Å². The van der Waals surface area contributed by atoms with Crippen molar-refractivity contribution in [2.45, 2.75) is 26.3 Å². The monoisotopic (exact) mass is 547 g/mol. The van der Waals surface area contributed by atoms with Gasteiger partial charge < -0.3 is 14.6 Å². The number of halogens is 1. The van der Waals surface area contributed by atoms with Gasteiger partial charge in [-0.15, -0.1) is 0 Å². The second-order valence-electron chi connectivity index (χ2n) is 8.65. The number of aromatic amines is 2. The van der Waals surface area contributed by atoms with Crippen LogP contribution in [0.3, 0.4) is 0 Å². The second kappa shape index (κ2) is 9.95. The third kappa shape index (κ3) is 5.02. The van der Waals surface area contributed by atoms with Gasteiger partial charge in [-0.25, -0.2) is 14.1 Å². The number of H-pyrrole nitrogens is 2. The van der Waals surface area contributed by atoms with E-state index in [0.29, 0.717) is 41.1 Å². The molecule has 14 heteroatoms. The molecular weight excluding hydrogens is 523 g/mol. The highest BCUT2D eigenvalue weighted by molar-refractivity contribution is 7.87. The van der Waals surface area contributed by atoms with E-state index >= 15 is 0 Å². The third-order valence-corrected chi connectivity index (χ3v) is 8.44. The number of hydrogen-bond donors (Lipinski definition) is 4. The average molecular weight is 548 g/mol. The zero-order chi connectivity index (χ0) is 26.3. The largest absolute Gasteiger partial charge is 0.772 e. The Hall–Kier alpha value is -3.17. The van der Waals surface area contributed by atoms with Crippen LogP contribution in [0.1, 0.15) is 23.9 Å². The molecular formula is C23H24FN6O5S2-. The first-order valence-corrected chi connectivity index (χ1v) is 14.2. The van der Waals surface area contributed by atoms with E-state index in [1.165, 1.54) is 16.4 Å². The van der Waals surface area contributed by atoms with Crippen molar-refractivity contribution < 1.29 is 26.7 Å². The summed E-state index contributed by atoms with van der Waals surface area (Å²) in [6, 6.07) is 8.32. The maximum Gasteiger partial charge on any atom is 0.279 e. The van der Waals surface area contributed by atoms with Gasteiger partial charge in [-0.2, -0.15) is 17.8 Å². The van der Waals surface area contributed by atoms with Crippen molar-refractivity contribution in [3.8, 4) is 28.4 Å². The lowest BCUT2D eigenvalue weighted by molar-refractivity contribution is 0.379. The molecule has 0 amide bonds. The fourth-order valence-corrected chi connectivity index (χ4v) is 6.04. The summed E-state index contributed by atoms with van der Waals surface area (Å²) in [7, 11) is -3.85. The molecule has 2 aromatic heterocycles. The quantitative estimate of drug-likeness (QED) is 0.245. The first kappa shape index (κ1) is 25.5. The summed E-state index contributed by atoms with van der Waals surface area (Å²) in [4.78, 5) is 7.81. The van der Waals surface area contributed by atoms with E-state index in [2.05, 4.69) is 24.9 Å². The molecule has 0 bridgehead atoms. The van der Waals surface area contributed by atoms with Crippen molar-refractivity contribution in [2.75, 3.05) is 18.8 Å². The van der Waals surface area contributed by atoms with Crippen LogP contribution in [0, 0.1) is 5.82 Å². The zero-order valence-corrected chi connectivity index (χ0v) is 21.4. The highest BCUT2D eigenvalue weighted by Gasteiger charge is 2.29. The number of benzene rings is 2. The van der Waals surface area contributed by atoms with Crippen LogP contribution in [0.25, 0.3) is 33.5 Å². The van der Waals surface area contributed by atoms with Gasteiger partial charge in [0.05, 0.1) is 23.4 Å².